The van der Waals surface area contributed by atoms with E-state index in [2.05, 4.69) is 22.3 Å². The number of benzene rings is 3. The lowest BCUT2D eigenvalue weighted by molar-refractivity contribution is 0.0746. The molecule has 32 heavy (non-hydrogen) atoms. The maximum Gasteiger partial charge on any atom is 0.273 e. The van der Waals surface area contributed by atoms with E-state index in [-0.39, 0.29) is 17.7 Å². The molecule has 160 valence electrons. The van der Waals surface area contributed by atoms with Crippen molar-refractivity contribution in [3.8, 4) is 22.8 Å². The van der Waals surface area contributed by atoms with Gasteiger partial charge in [-0.1, -0.05) is 54.6 Å². The standard InChI is InChI=1S/C26H23N3O3/c1-32-19-11-7-10-18(16-19)25-22-23(20-12-5-6-13-21(20)30)27-28-24(22)26(31)29(25)15-14-17-8-3-2-4-9-17/h2-13,16,25,30H,14-15H2,1H3,(H,27,28). The molecular formula is C26H23N3O3. The molecule has 0 spiro atoms. The zero-order valence-corrected chi connectivity index (χ0v) is 17.7. The largest absolute Gasteiger partial charge is 0.507 e. The number of hydrogen-bond acceptors (Lipinski definition) is 4. The van der Waals surface area contributed by atoms with Crippen molar-refractivity contribution in [2.24, 2.45) is 0 Å². The fourth-order valence-corrected chi connectivity index (χ4v) is 4.36. The van der Waals surface area contributed by atoms with E-state index in [0.29, 0.717) is 23.5 Å². The second-order valence-corrected chi connectivity index (χ2v) is 7.79. The van der Waals surface area contributed by atoms with Crippen LogP contribution in [0.2, 0.25) is 0 Å². The van der Waals surface area contributed by atoms with Gasteiger partial charge in [0.2, 0.25) is 0 Å². The number of methoxy groups -OCH3 is 1. The molecule has 4 aromatic rings. The molecule has 2 heterocycles. The number of aromatic amines is 1. The highest BCUT2D eigenvalue weighted by molar-refractivity contribution is 6.00. The molecule has 0 radical (unpaired) electrons. The number of aromatic nitrogens is 2. The van der Waals surface area contributed by atoms with Crippen LogP contribution in [0.3, 0.4) is 0 Å². The number of para-hydroxylation sites is 1. The zero-order chi connectivity index (χ0) is 22.1. The van der Waals surface area contributed by atoms with E-state index in [1.165, 1.54) is 5.56 Å². The second kappa shape index (κ2) is 8.23. The number of phenolic OH excluding ortho intramolecular Hbond substituents is 1. The number of fused-ring (bicyclic) bond motifs is 1. The number of hydrogen-bond donors (Lipinski definition) is 2. The van der Waals surface area contributed by atoms with Gasteiger partial charge in [0, 0.05) is 17.7 Å². The van der Waals surface area contributed by atoms with E-state index in [1.54, 1.807) is 19.2 Å². The average molecular weight is 425 g/mol. The van der Waals surface area contributed by atoms with Crippen molar-refractivity contribution >= 4 is 5.91 Å². The van der Waals surface area contributed by atoms with Gasteiger partial charge >= 0.3 is 0 Å². The Balaban J connectivity index is 1.61. The van der Waals surface area contributed by atoms with Crippen LogP contribution in [0, 0.1) is 0 Å². The Bertz CT molecular complexity index is 1270. The van der Waals surface area contributed by atoms with Crippen molar-refractivity contribution in [2.45, 2.75) is 12.5 Å². The molecule has 0 fully saturated rings. The number of nitrogens with zero attached hydrogens (tertiary/aromatic N) is 2. The molecule has 6 nitrogen and oxygen atoms in total. The van der Waals surface area contributed by atoms with E-state index in [4.69, 9.17) is 4.74 Å². The van der Waals surface area contributed by atoms with Gasteiger partial charge in [-0.15, -0.1) is 0 Å². The van der Waals surface area contributed by atoms with Crippen LogP contribution in [0.1, 0.15) is 33.2 Å². The number of rotatable bonds is 6. The molecule has 1 aliphatic rings. The number of carbonyl (C=O) groups is 1. The number of nitrogens with one attached hydrogen (secondary N) is 1. The predicted molar refractivity (Wildman–Crippen MR) is 122 cm³/mol. The van der Waals surface area contributed by atoms with Gasteiger partial charge in [-0.3, -0.25) is 9.89 Å². The van der Waals surface area contributed by atoms with Crippen LogP contribution in [0.5, 0.6) is 11.5 Å². The van der Waals surface area contributed by atoms with E-state index >= 15 is 0 Å². The number of aromatic hydroxyl groups is 1. The molecule has 5 rings (SSSR count). The van der Waals surface area contributed by atoms with Gasteiger partial charge in [-0.05, 0) is 41.8 Å². The summed E-state index contributed by atoms with van der Waals surface area (Å²) < 4.78 is 5.44. The Morgan fingerprint density at radius 1 is 1.03 bits per heavy atom. The Kier molecular flexibility index (Phi) is 5.11. The zero-order valence-electron chi connectivity index (χ0n) is 17.7. The van der Waals surface area contributed by atoms with E-state index < -0.39 is 0 Å². The first kappa shape index (κ1) is 19.9. The Morgan fingerprint density at radius 2 is 1.81 bits per heavy atom. The van der Waals surface area contributed by atoms with Crippen LogP contribution in [0.15, 0.2) is 78.9 Å². The Hall–Kier alpha value is -4.06. The molecule has 0 saturated carbocycles. The Morgan fingerprint density at radius 3 is 2.59 bits per heavy atom. The van der Waals surface area contributed by atoms with Crippen LogP contribution < -0.4 is 4.74 Å². The summed E-state index contributed by atoms with van der Waals surface area (Å²) in [5.74, 6) is 0.748. The molecule has 0 bridgehead atoms. The minimum absolute atomic E-state index is 0.0991. The molecule has 3 aromatic carbocycles. The lowest BCUT2D eigenvalue weighted by atomic mass is 9.95. The van der Waals surface area contributed by atoms with E-state index in [0.717, 1.165) is 23.3 Å². The van der Waals surface area contributed by atoms with Gasteiger partial charge in [0.1, 0.15) is 22.9 Å². The fourth-order valence-electron chi connectivity index (χ4n) is 4.36. The number of carbonyl (C=O) groups excluding carboxylic acids is 1. The summed E-state index contributed by atoms with van der Waals surface area (Å²) in [6.45, 7) is 0.549. The topological polar surface area (TPSA) is 78.5 Å². The first-order valence-corrected chi connectivity index (χ1v) is 10.5. The van der Waals surface area contributed by atoms with E-state index in [1.807, 2.05) is 59.5 Å². The summed E-state index contributed by atoms with van der Waals surface area (Å²) in [5.41, 5.74) is 4.51. The summed E-state index contributed by atoms with van der Waals surface area (Å²) in [6, 6.07) is 24.6. The molecule has 0 aliphatic carbocycles. The SMILES string of the molecule is COc1cccc(C2c3c(-c4ccccc4O)n[nH]c3C(=O)N2CCc2ccccc2)c1. The minimum atomic E-state index is -0.343. The molecule has 1 amide bonds. The summed E-state index contributed by atoms with van der Waals surface area (Å²) in [7, 11) is 1.63. The van der Waals surface area contributed by atoms with Gasteiger partial charge in [0.15, 0.2) is 0 Å². The van der Waals surface area contributed by atoms with Crippen molar-refractivity contribution in [3.63, 3.8) is 0 Å². The quantitative estimate of drug-likeness (QED) is 0.474. The van der Waals surface area contributed by atoms with Crippen molar-refractivity contribution in [2.75, 3.05) is 13.7 Å². The Labute approximate surface area is 186 Å². The summed E-state index contributed by atoms with van der Waals surface area (Å²) in [4.78, 5) is 15.3. The fraction of sp³-hybridized carbons (Fsp3) is 0.154. The second-order valence-electron chi connectivity index (χ2n) is 7.79. The first-order valence-electron chi connectivity index (χ1n) is 10.5. The highest BCUT2D eigenvalue weighted by atomic mass is 16.5. The summed E-state index contributed by atoms with van der Waals surface area (Å²) >= 11 is 0. The highest BCUT2D eigenvalue weighted by Gasteiger charge is 2.42. The normalized spacial score (nSPS) is 15.1. The molecular weight excluding hydrogens is 402 g/mol. The molecule has 6 heteroatoms. The van der Waals surface area contributed by atoms with Crippen LogP contribution in [0.4, 0.5) is 0 Å². The van der Waals surface area contributed by atoms with Crippen LogP contribution >= 0.6 is 0 Å². The smallest absolute Gasteiger partial charge is 0.273 e. The first-order chi connectivity index (χ1) is 15.7. The molecule has 2 N–H and O–H groups in total. The van der Waals surface area contributed by atoms with Gasteiger partial charge in [0.25, 0.3) is 5.91 Å². The van der Waals surface area contributed by atoms with Gasteiger partial charge in [-0.25, -0.2) is 0 Å². The van der Waals surface area contributed by atoms with Crippen molar-refractivity contribution in [1.29, 1.82) is 0 Å². The summed E-state index contributed by atoms with van der Waals surface area (Å²) in [6.07, 6.45) is 0.733. The lowest BCUT2D eigenvalue weighted by Gasteiger charge is -2.27. The summed E-state index contributed by atoms with van der Waals surface area (Å²) in [5, 5.41) is 17.8. The molecule has 0 saturated heterocycles. The molecule has 1 aromatic heterocycles. The average Bonchev–Trinajstić information content (AvgIpc) is 3.37. The van der Waals surface area contributed by atoms with Crippen molar-refractivity contribution < 1.29 is 14.6 Å². The molecule has 1 unspecified atom stereocenters. The number of H-pyrrole nitrogens is 1. The lowest BCUT2D eigenvalue weighted by Crippen LogP contribution is -2.31. The van der Waals surface area contributed by atoms with Crippen LogP contribution in [-0.4, -0.2) is 39.8 Å². The third kappa shape index (κ3) is 3.39. The number of ether oxygens (including phenoxy) is 1. The monoisotopic (exact) mass is 425 g/mol. The third-order valence-electron chi connectivity index (χ3n) is 5.92. The number of phenols is 1. The van der Waals surface area contributed by atoms with Crippen LogP contribution in [0.25, 0.3) is 11.3 Å². The molecule has 1 aliphatic heterocycles. The number of amides is 1. The van der Waals surface area contributed by atoms with Crippen LogP contribution in [-0.2, 0) is 6.42 Å². The predicted octanol–water partition coefficient (Wildman–Crippen LogP) is 4.58. The minimum Gasteiger partial charge on any atom is -0.507 e. The van der Waals surface area contributed by atoms with E-state index in [9.17, 15) is 9.90 Å². The molecule has 1 atom stereocenters. The maximum absolute atomic E-state index is 13.4. The van der Waals surface area contributed by atoms with Gasteiger partial charge in [-0.2, -0.15) is 5.10 Å². The van der Waals surface area contributed by atoms with Gasteiger partial charge in [0.05, 0.1) is 13.2 Å². The highest BCUT2D eigenvalue weighted by Crippen LogP contribution is 2.44. The van der Waals surface area contributed by atoms with Crippen molar-refractivity contribution in [3.05, 3.63) is 101 Å². The third-order valence-corrected chi connectivity index (χ3v) is 5.92. The van der Waals surface area contributed by atoms with Crippen molar-refractivity contribution in [1.82, 2.24) is 15.1 Å². The maximum atomic E-state index is 13.4. The van der Waals surface area contributed by atoms with Gasteiger partial charge < -0.3 is 14.7 Å².